The highest BCUT2D eigenvalue weighted by Crippen LogP contribution is 2.40. The van der Waals surface area contributed by atoms with Crippen LogP contribution in [0.3, 0.4) is 0 Å². The van der Waals surface area contributed by atoms with Crippen molar-refractivity contribution < 1.29 is 4.42 Å². The maximum Gasteiger partial charge on any atom is 0.143 e. The van der Waals surface area contributed by atoms with Crippen molar-refractivity contribution in [3.8, 4) is 11.1 Å². The standard InChI is InChI=1S/C32H29N3O/c1-34-15-17-35(18-16-34)21-22-9-11-23(12-10-22)24-19-29-25(13-14-30(29)33-20-24)27-6-4-7-28-26-5-2-3-8-31(26)36-32(27)28/h2-13,19-20H,14-18,21H2,1H3. The van der Waals surface area contributed by atoms with Gasteiger partial charge in [-0.25, -0.2) is 0 Å². The van der Waals surface area contributed by atoms with Gasteiger partial charge in [-0.05, 0) is 35.9 Å². The molecule has 2 aromatic heterocycles. The highest BCUT2D eigenvalue weighted by molar-refractivity contribution is 6.09. The van der Waals surface area contributed by atoms with E-state index in [0.717, 1.165) is 77.9 Å². The van der Waals surface area contributed by atoms with Gasteiger partial charge in [-0.1, -0.05) is 66.7 Å². The van der Waals surface area contributed by atoms with E-state index in [4.69, 9.17) is 9.40 Å². The topological polar surface area (TPSA) is 32.5 Å². The maximum absolute atomic E-state index is 6.34. The van der Waals surface area contributed by atoms with E-state index in [0.29, 0.717) is 0 Å². The predicted molar refractivity (Wildman–Crippen MR) is 147 cm³/mol. The van der Waals surface area contributed by atoms with Crippen LogP contribution in [0.5, 0.6) is 0 Å². The summed E-state index contributed by atoms with van der Waals surface area (Å²) in [4.78, 5) is 9.81. The molecular weight excluding hydrogens is 442 g/mol. The van der Waals surface area contributed by atoms with E-state index in [-0.39, 0.29) is 0 Å². The molecule has 36 heavy (non-hydrogen) atoms. The van der Waals surface area contributed by atoms with Crippen LogP contribution in [0.2, 0.25) is 0 Å². The molecule has 178 valence electrons. The number of likely N-dealkylation sites (N-methyl/N-ethyl adjacent to an activating group) is 1. The number of nitrogens with zero attached hydrogens (tertiary/aromatic N) is 3. The Morgan fingerprint density at radius 1 is 0.806 bits per heavy atom. The first-order valence-corrected chi connectivity index (χ1v) is 12.8. The van der Waals surface area contributed by atoms with Crippen LogP contribution >= 0.6 is 0 Å². The molecule has 1 fully saturated rings. The number of para-hydroxylation sites is 2. The predicted octanol–water partition coefficient (Wildman–Crippen LogP) is 6.38. The molecule has 0 amide bonds. The fraction of sp³-hybridized carbons (Fsp3) is 0.219. The number of fused-ring (bicyclic) bond motifs is 4. The van der Waals surface area contributed by atoms with Gasteiger partial charge in [-0.3, -0.25) is 9.88 Å². The van der Waals surface area contributed by atoms with Crippen molar-refractivity contribution in [2.45, 2.75) is 13.0 Å². The van der Waals surface area contributed by atoms with Crippen molar-refractivity contribution >= 4 is 27.5 Å². The summed E-state index contributed by atoms with van der Waals surface area (Å²) in [5.41, 5.74) is 10.3. The van der Waals surface area contributed by atoms with Crippen LogP contribution in [0, 0.1) is 0 Å². The van der Waals surface area contributed by atoms with Crippen LogP contribution in [-0.4, -0.2) is 48.0 Å². The lowest BCUT2D eigenvalue weighted by Gasteiger charge is -2.32. The Kier molecular flexibility index (Phi) is 5.23. The third-order valence-electron chi connectivity index (χ3n) is 7.74. The summed E-state index contributed by atoms with van der Waals surface area (Å²) < 4.78 is 6.34. The third-order valence-corrected chi connectivity index (χ3v) is 7.74. The largest absolute Gasteiger partial charge is 0.455 e. The number of hydrogen-bond acceptors (Lipinski definition) is 4. The van der Waals surface area contributed by atoms with Gasteiger partial charge in [0.1, 0.15) is 11.2 Å². The van der Waals surface area contributed by atoms with Crippen molar-refractivity contribution in [1.82, 2.24) is 14.8 Å². The Morgan fingerprint density at radius 2 is 1.61 bits per heavy atom. The molecule has 1 aliphatic heterocycles. The van der Waals surface area contributed by atoms with Gasteiger partial charge in [0.05, 0.1) is 5.69 Å². The second-order valence-corrected chi connectivity index (χ2v) is 10.1. The van der Waals surface area contributed by atoms with E-state index in [9.17, 15) is 0 Å². The monoisotopic (exact) mass is 471 g/mol. The Labute approximate surface area is 211 Å². The normalized spacial score (nSPS) is 16.5. The first-order valence-electron chi connectivity index (χ1n) is 12.8. The van der Waals surface area contributed by atoms with E-state index in [1.165, 1.54) is 22.3 Å². The number of hydrogen-bond donors (Lipinski definition) is 0. The average molecular weight is 472 g/mol. The van der Waals surface area contributed by atoms with Crippen LogP contribution in [0.15, 0.2) is 89.5 Å². The molecule has 1 saturated heterocycles. The number of allylic oxidation sites excluding steroid dienone is 1. The Hall–Kier alpha value is -3.73. The highest BCUT2D eigenvalue weighted by atomic mass is 16.3. The first kappa shape index (κ1) is 21.5. The van der Waals surface area contributed by atoms with Crippen LogP contribution < -0.4 is 0 Å². The molecule has 4 heteroatoms. The van der Waals surface area contributed by atoms with Gasteiger partial charge in [0.2, 0.25) is 0 Å². The molecule has 3 heterocycles. The molecule has 7 rings (SSSR count). The molecule has 0 saturated carbocycles. The van der Waals surface area contributed by atoms with Gasteiger partial charge in [0.15, 0.2) is 0 Å². The summed E-state index contributed by atoms with van der Waals surface area (Å²) in [5.74, 6) is 0. The van der Waals surface area contributed by atoms with Gasteiger partial charge < -0.3 is 9.32 Å². The van der Waals surface area contributed by atoms with E-state index in [1.54, 1.807) is 0 Å². The van der Waals surface area contributed by atoms with E-state index in [2.05, 4.69) is 83.6 Å². The van der Waals surface area contributed by atoms with Crippen LogP contribution in [0.1, 0.15) is 22.4 Å². The second-order valence-electron chi connectivity index (χ2n) is 10.1. The van der Waals surface area contributed by atoms with Crippen molar-refractivity contribution in [3.63, 3.8) is 0 Å². The second kappa shape index (κ2) is 8.74. The zero-order valence-electron chi connectivity index (χ0n) is 20.6. The number of aromatic nitrogens is 1. The highest BCUT2D eigenvalue weighted by Gasteiger charge is 2.22. The summed E-state index contributed by atoms with van der Waals surface area (Å²) in [5, 5.41) is 2.33. The summed E-state index contributed by atoms with van der Waals surface area (Å²) >= 11 is 0. The lowest BCUT2D eigenvalue weighted by atomic mass is 9.96. The molecular formula is C32H29N3O. The minimum Gasteiger partial charge on any atom is -0.455 e. The molecule has 0 radical (unpaired) electrons. The molecule has 0 unspecified atom stereocenters. The van der Waals surface area contributed by atoms with Crippen molar-refractivity contribution in [2.75, 3.05) is 33.2 Å². The minimum atomic E-state index is 0.853. The molecule has 4 nitrogen and oxygen atoms in total. The number of rotatable bonds is 4. The van der Waals surface area contributed by atoms with Gasteiger partial charge in [0.25, 0.3) is 0 Å². The summed E-state index contributed by atoms with van der Waals surface area (Å²) in [6.07, 6.45) is 5.17. The summed E-state index contributed by atoms with van der Waals surface area (Å²) in [7, 11) is 2.20. The molecule has 0 spiro atoms. The Morgan fingerprint density at radius 3 is 2.47 bits per heavy atom. The smallest absolute Gasteiger partial charge is 0.143 e. The van der Waals surface area contributed by atoms with E-state index in [1.807, 2.05) is 18.3 Å². The first-order chi connectivity index (χ1) is 17.7. The lowest BCUT2D eigenvalue weighted by molar-refractivity contribution is 0.148. The number of pyridine rings is 1. The number of piperazine rings is 1. The van der Waals surface area contributed by atoms with Crippen LogP contribution in [0.25, 0.3) is 38.6 Å². The average Bonchev–Trinajstić information content (AvgIpc) is 3.51. The summed E-state index contributed by atoms with van der Waals surface area (Å²) in [6, 6.07) is 26.1. The maximum atomic E-state index is 6.34. The molecule has 1 aliphatic carbocycles. The Bertz CT molecular complexity index is 1600. The van der Waals surface area contributed by atoms with Gasteiger partial charge in [0, 0.05) is 72.8 Å². The third kappa shape index (κ3) is 3.74. The van der Waals surface area contributed by atoms with Crippen LogP contribution in [0.4, 0.5) is 0 Å². The lowest BCUT2D eigenvalue weighted by Crippen LogP contribution is -2.43. The molecule has 3 aromatic carbocycles. The van der Waals surface area contributed by atoms with Gasteiger partial charge in [-0.2, -0.15) is 0 Å². The molecule has 0 bridgehead atoms. The molecule has 2 aliphatic rings. The minimum absolute atomic E-state index is 0.853. The zero-order chi connectivity index (χ0) is 24.1. The van der Waals surface area contributed by atoms with E-state index >= 15 is 0 Å². The molecule has 0 N–H and O–H groups in total. The van der Waals surface area contributed by atoms with E-state index < -0.39 is 0 Å². The van der Waals surface area contributed by atoms with Crippen LogP contribution in [-0.2, 0) is 13.0 Å². The van der Waals surface area contributed by atoms with Gasteiger partial charge in [-0.15, -0.1) is 0 Å². The van der Waals surface area contributed by atoms with Crippen molar-refractivity contribution in [3.05, 3.63) is 107 Å². The Balaban J connectivity index is 1.19. The summed E-state index contributed by atoms with van der Waals surface area (Å²) in [6.45, 7) is 5.60. The fourth-order valence-corrected chi connectivity index (χ4v) is 5.64. The molecule has 5 aromatic rings. The fourth-order valence-electron chi connectivity index (χ4n) is 5.64. The quantitative estimate of drug-likeness (QED) is 0.304. The number of benzene rings is 3. The molecule has 0 atom stereocenters. The van der Waals surface area contributed by atoms with Crippen molar-refractivity contribution in [2.24, 2.45) is 0 Å². The zero-order valence-corrected chi connectivity index (χ0v) is 20.6. The van der Waals surface area contributed by atoms with Crippen molar-refractivity contribution in [1.29, 1.82) is 0 Å². The SMILES string of the molecule is CN1CCN(Cc2ccc(-c3cnc4c(c3)C(c3cccc5c3oc3ccccc35)=CC4)cc2)CC1. The van der Waals surface area contributed by atoms with Gasteiger partial charge >= 0.3 is 0 Å². The number of furan rings is 1.